The molecule has 6 nitrogen and oxygen atoms in total. The number of nitrogens with one attached hydrogen (secondary N) is 1. The number of hydrogen-bond donors (Lipinski definition) is 1. The Morgan fingerprint density at radius 2 is 2.17 bits per heavy atom. The molecule has 2 aliphatic heterocycles. The minimum absolute atomic E-state index is 0.0766. The Morgan fingerprint density at radius 1 is 1.33 bits per heavy atom. The first-order chi connectivity index (χ1) is 11.5. The van der Waals surface area contributed by atoms with E-state index in [2.05, 4.69) is 29.0 Å². The molecular weight excluding hydrogens is 304 g/mol. The molecule has 0 radical (unpaired) electrons. The molecule has 3 rings (SSSR count). The predicted molar refractivity (Wildman–Crippen MR) is 93.5 cm³/mol. The zero-order valence-corrected chi connectivity index (χ0v) is 15.0. The SMILES string of the molecule is CC(C)Cc1nc2c(c(N(C)CC3CCCCO3)n1)CCNC2=O. The molecule has 1 fully saturated rings. The van der Waals surface area contributed by atoms with E-state index in [9.17, 15) is 4.79 Å². The van der Waals surface area contributed by atoms with Crippen molar-refractivity contribution in [3.8, 4) is 0 Å². The highest BCUT2D eigenvalue weighted by molar-refractivity contribution is 5.96. The Morgan fingerprint density at radius 3 is 2.88 bits per heavy atom. The number of hydrogen-bond acceptors (Lipinski definition) is 5. The van der Waals surface area contributed by atoms with Gasteiger partial charge in [0.1, 0.15) is 17.3 Å². The third-order valence-corrected chi connectivity index (χ3v) is 4.61. The molecule has 1 atom stereocenters. The van der Waals surface area contributed by atoms with Crippen LogP contribution in [0.3, 0.4) is 0 Å². The Bertz CT molecular complexity index is 597. The summed E-state index contributed by atoms with van der Waals surface area (Å²) in [6, 6.07) is 0. The maximum absolute atomic E-state index is 12.2. The predicted octanol–water partition coefficient (Wildman–Crippen LogP) is 1.97. The highest BCUT2D eigenvalue weighted by Gasteiger charge is 2.26. The highest BCUT2D eigenvalue weighted by atomic mass is 16.5. The number of nitrogens with zero attached hydrogens (tertiary/aromatic N) is 3. The highest BCUT2D eigenvalue weighted by Crippen LogP contribution is 2.25. The Kier molecular flexibility index (Phi) is 5.33. The molecule has 24 heavy (non-hydrogen) atoms. The van der Waals surface area contributed by atoms with Gasteiger partial charge in [0.2, 0.25) is 0 Å². The van der Waals surface area contributed by atoms with Crippen LogP contribution < -0.4 is 10.2 Å². The summed E-state index contributed by atoms with van der Waals surface area (Å²) in [6.45, 7) is 6.59. The van der Waals surface area contributed by atoms with Crippen molar-refractivity contribution in [3.63, 3.8) is 0 Å². The first kappa shape index (κ1) is 17.1. The van der Waals surface area contributed by atoms with Crippen molar-refractivity contribution in [1.29, 1.82) is 0 Å². The van der Waals surface area contributed by atoms with Gasteiger partial charge in [0.05, 0.1) is 6.10 Å². The van der Waals surface area contributed by atoms with Crippen LogP contribution in [0.1, 0.15) is 55.0 Å². The summed E-state index contributed by atoms with van der Waals surface area (Å²) < 4.78 is 5.87. The molecule has 1 saturated heterocycles. The number of anilines is 1. The molecule has 1 aromatic rings. The number of likely N-dealkylation sites (N-methyl/N-ethyl adjacent to an activating group) is 1. The van der Waals surface area contributed by atoms with E-state index >= 15 is 0 Å². The van der Waals surface area contributed by atoms with Gasteiger partial charge in [-0.15, -0.1) is 0 Å². The number of rotatable bonds is 5. The van der Waals surface area contributed by atoms with Crippen LogP contribution in [0, 0.1) is 5.92 Å². The Hall–Kier alpha value is -1.69. The largest absolute Gasteiger partial charge is 0.376 e. The van der Waals surface area contributed by atoms with Gasteiger partial charge in [-0.1, -0.05) is 13.8 Å². The van der Waals surface area contributed by atoms with Crippen LogP contribution in [0.5, 0.6) is 0 Å². The van der Waals surface area contributed by atoms with E-state index in [-0.39, 0.29) is 12.0 Å². The van der Waals surface area contributed by atoms with Gasteiger partial charge in [-0.05, 0) is 31.6 Å². The first-order valence-corrected chi connectivity index (χ1v) is 9.05. The van der Waals surface area contributed by atoms with Crippen molar-refractivity contribution in [2.75, 3.05) is 31.6 Å². The van der Waals surface area contributed by atoms with Gasteiger partial charge in [-0.25, -0.2) is 9.97 Å². The second-order valence-electron chi connectivity index (χ2n) is 7.26. The van der Waals surface area contributed by atoms with Crippen LogP contribution >= 0.6 is 0 Å². The van der Waals surface area contributed by atoms with E-state index in [4.69, 9.17) is 9.72 Å². The lowest BCUT2D eigenvalue weighted by Crippen LogP contribution is -2.38. The monoisotopic (exact) mass is 332 g/mol. The molecule has 1 unspecified atom stereocenters. The maximum atomic E-state index is 12.2. The quantitative estimate of drug-likeness (QED) is 0.893. The molecule has 0 aliphatic carbocycles. The molecule has 132 valence electrons. The van der Waals surface area contributed by atoms with Crippen LogP contribution in [-0.2, 0) is 17.6 Å². The summed E-state index contributed by atoms with van der Waals surface area (Å²) in [4.78, 5) is 23.7. The number of fused-ring (bicyclic) bond motifs is 1. The maximum Gasteiger partial charge on any atom is 0.270 e. The van der Waals surface area contributed by atoms with Crippen molar-refractivity contribution < 1.29 is 9.53 Å². The zero-order chi connectivity index (χ0) is 17.1. The lowest BCUT2D eigenvalue weighted by Gasteiger charge is -2.30. The van der Waals surface area contributed by atoms with Crippen LogP contribution in [0.4, 0.5) is 5.82 Å². The molecular formula is C18H28N4O2. The summed E-state index contributed by atoms with van der Waals surface area (Å²) in [6.07, 6.45) is 5.29. The molecule has 6 heteroatoms. The van der Waals surface area contributed by atoms with Crippen LogP contribution in [0.2, 0.25) is 0 Å². The smallest absolute Gasteiger partial charge is 0.270 e. The molecule has 0 aromatic carbocycles. The van der Waals surface area contributed by atoms with Gasteiger partial charge in [-0.3, -0.25) is 4.79 Å². The number of carbonyl (C=O) groups is 1. The third-order valence-electron chi connectivity index (χ3n) is 4.61. The summed E-state index contributed by atoms with van der Waals surface area (Å²) in [5.41, 5.74) is 1.53. The number of aromatic nitrogens is 2. The average molecular weight is 332 g/mol. The molecule has 0 bridgehead atoms. The molecule has 1 amide bonds. The Labute approximate surface area is 144 Å². The fourth-order valence-electron chi connectivity index (χ4n) is 3.44. The van der Waals surface area contributed by atoms with Gasteiger partial charge in [0.15, 0.2) is 0 Å². The summed E-state index contributed by atoms with van der Waals surface area (Å²) in [5.74, 6) is 2.04. The number of carbonyl (C=O) groups excluding carboxylic acids is 1. The number of amides is 1. The average Bonchev–Trinajstić information content (AvgIpc) is 2.55. The van der Waals surface area contributed by atoms with Gasteiger partial charge in [0, 0.05) is 38.7 Å². The molecule has 1 aromatic heterocycles. The fraction of sp³-hybridized carbons (Fsp3) is 0.722. The third kappa shape index (κ3) is 3.86. The lowest BCUT2D eigenvalue weighted by molar-refractivity contribution is 0.0215. The lowest BCUT2D eigenvalue weighted by atomic mass is 10.0. The van der Waals surface area contributed by atoms with Gasteiger partial charge < -0.3 is 15.0 Å². The van der Waals surface area contributed by atoms with Crippen molar-refractivity contribution in [2.24, 2.45) is 5.92 Å². The molecule has 0 saturated carbocycles. The topological polar surface area (TPSA) is 67.3 Å². The van der Waals surface area contributed by atoms with Crippen LogP contribution in [-0.4, -0.2) is 48.7 Å². The zero-order valence-electron chi connectivity index (χ0n) is 15.0. The molecule has 0 spiro atoms. The van der Waals surface area contributed by atoms with E-state index < -0.39 is 0 Å². The van der Waals surface area contributed by atoms with Gasteiger partial charge in [0.25, 0.3) is 5.91 Å². The minimum Gasteiger partial charge on any atom is -0.376 e. The first-order valence-electron chi connectivity index (χ1n) is 9.05. The fourth-order valence-corrected chi connectivity index (χ4v) is 3.44. The molecule has 2 aliphatic rings. The minimum atomic E-state index is -0.0766. The van der Waals surface area contributed by atoms with E-state index in [0.29, 0.717) is 18.2 Å². The summed E-state index contributed by atoms with van der Waals surface area (Å²) >= 11 is 0. The van der Waals surface area contributed by atoms with Crippen molar-refractivity contribution in [1.82, 2.24) is 15.3 Å². The van der Waals surface area contributed by atoms with Crippen molar-refractivity contribution >= 4 is 11.7 Å². The van der Waals surface area contributed by atoms with Gasteiger partial charge in [-0.2, -0.15) is 0 Å². The number of ether oxygens (including phenoxy) is 1. The summed E-state index contributed by atoms with van der Waals surface area (Å²) in [7, 11) is 2.05. The van der Waals surface area contributed by atoms with E-state index in [0.717, 1.165) is 56.0 Å². The van der Waals surface area contributed by atoms with Crippen LogP contribution in [0.25, 0.3) is 0 Å². The molecule has 3 heterocycles. The van der Waals surface area contributed by atoms with Gasteiger partial charge >= 0.3 is 0 Å². The van der Waals surface area contributed by atoms with Crippen molar-refractivity contribution in [2.45, 2.75) is 52.1 Å². The van der Waals surface area contributed by atoms with E-state index in [1.807, 2.05) is 7.05 Å². The van der Waals surface area contributed by atoms with E-state index in [1.165, 1.54) is 6.42 Å². The second-order valence-corrected chi connectivity index (χ2v) is 7.26. The standard InChI is InChI=1S/C18H28N4O2/c1-12(2)10-15-20-16-14(7-8-19-18(16)23)17(21-15)22(3)11-13-6-4-5-9-24-13/h12-13H,4-11H2,1-3H3,(H,19,23). The molecule has 1 N–H and O–H groups in total. The van der Waals surface area contributed by atoms with E-state index in [1.54, 1.807) is 0 Å². The normalized spacial score (nSPS) is 20.7. The summed E-state index contributed by atoms with van der Waals surface area (Å²) in [5, 5.41) is 2.89. The Balaban J connectivity index is 1.88. The van der Waals surface area contributed by atoms with Crippen molar-refractivity contribution in [3.05, 3.63) is 17.1 Å². The van der Waals surface area contributed by atoms with Crippen LogP contribution in [0.15, 0.2) is 0 Å². The second kappa shape index (κ2) is 7.47.